The van der Waals surface area contributed by atoms with Gasteiger partial charge in [-0.15, -0.1) is 11.3 Å². The molecule has 0 aliphatic carbocycles. The van der Waals surface area contributed by atoms with E-state index in [1.807, 2.05) is 23.7 Å². The molecule has 0 radical (unpaired) electrons. The number of hydrogen-bond acceptors (Lipinski definition) is 4. The lowest BCUT2D eigenvalue weighted by molar-refractivity contribution is 0.616. The maximum absolute atomic E-state index is 6.13. The molecule has 2 aliphatic rings. The van der Waals surface area contributed by atoms with E-state index in [0.29, 0.717) is 0 Å². The molecule has 2 aliphatic heterocycles. The standard InChI is InChI=1S/C31H20BN3OS/c1-33-23-14-6-2-11-20(23)28-21-12-3-7-15-24(21)35-31-29(22-13-5-9-17-27(22)37-31)34(32(35)30(28)33)25-18-36-26-16-8-4-10-19(25)26/h2-18H,1H3. The number of fused-ring (bicyclic) bond motifs is 13. The second-order valence-electron chi connectivity index (χ2n) is 9.84. The van der Waals surface area contributed by atoms with Gasteiger partial charge in [0.05, 0.1) is 11.4 Å². The van der Waals surface area contributed by atoms with Gasteiger partial charge in [0.25, 0.3) is 0 Å². The van der Waals surface area contributed by atoms with Crippen LogP contribution in [0.25, 0.3) is 43.1 Å². The summed E-state index contributed by atoms with van der Waals surface area (Å²) >= 11 is 1.87. The third-order valence-electron chi connectivity index (χ3n) is 8.05. The summed E-state index contributed by atoms with van der Waals surface area (Å²) in [5, 5.41) is 4.98. The van der Waals surface area contributed by atoms with Gasteiger partial charge in [-0.2, -0.15) is 0 Å². The average Bonchev–Trinajstić information content (AvgIpc) is 3.68. The molecule has 3 aromatic heterocycles. The van der Waals surface area contributed by atoms with E-state index in [1.54, 1.807) is 0 Å². The monoisotopic (exact) mass is 493 g/mol. The van der Waals surface area contributed by atoms with Gasteiger partial charge < -0.3 is 18.6 Å². The molecule has 0 fully saturated rings. The van der Waals surface area contributed by atoms with Crippen LogP contribution in [0.1, 0.15) is 0 Å². The minimum Gasteiger partial charge on any atom is -0.462 e. The Labute approximate surface area is 217 Å². The molecule has 4 nitrogen and oxygen atoms in total. The van der Waals surface area contributed by atoms with Gasteiger partial charge in [0.1, 0.15) is 16.8 Å². The van der Waals surface area contributed by atoms with E-state index in [2.05, 4.69) is 112 Å². The molecule has 0 bridgehead atoms. The van der Waals surface area contributed by atoms with E-state index in [4.69, 9.17) is 4.42 Å². The van der Waals surface area contributed by atoms with Gasteiger partial charge in [-0.25, -0.2) is 0 Å². The Balaban J connectivity index is 1.46. The number of benzene rings is 4. The molecular weight excluding hydrogens is 473 g/mol. The number of aryl methyl sites for hydroxylation is 1. The van der Waals surface area contributed by atoms with E-state index < -0.39 is 0 Å². The smallest absolute Gasteiger partial charge is 0.439 e. The minimum absolute atomic E-state index is 0.0332. The number of anilines is 4. The number of aromatic nitrogens is 1. The highest BCUT2D eigenvalue weighted by molar-refractivity contribution is 7.25. The van der Waals surface area contributed by atoms with Gasteiger partial charge in [0.2, 0.25) is 0 Å². The van der Waals surface area contributed by atoms with Crippen molar-refractivity contribution in [2.45, 2.75) is 0 Å². The molecule has 5 heterocycles. The first kappa shape index (κ1) is 19.7. The molecule has 4 aromatic carbocycles. The third kappa shape index (κ3) is 2.34. The second kappa shape index (κ2) is 6.87. The predicted octanol–water partition coefficient (Wildman–Crippen LogP) is 7.80. The summed E-state index contributed by atoms with van der Waals surface area (Å²) in [5.41, 5.74) is 9.68. The summed E-state index contributed by atoms with van der Waals surface area (Å²) in [5.74, 6) is 0. The van der Waals surface area contributed by atoms with Gasteiger partial charge in [0.15, 0.2) is 0 Å². The maximum Gasteiger partial charge on any atom is 0.439 e. The summed E-state index contributed by atoms with van der Waals surface area (Å²) in [6.07, 6.45) is 1.94. The Kier molecular flexibility index (Phi) is 3.66. The molecule has 6 heteroatoms. The topological polar surface area (TPSA) is 24.6 Å². The lowest BCUT2D eigenvalue weighted by atomic mass is 9.62. The molecule has 9 rings (SSSR count). The molecule has 0 saturated heterocycles. The van der Waals surface area contributed by atoms with E-state index in [0.717, 1.165) is 16.7 Å². The van der Waals surface area contributed by atoms with Crippen LogP contribution in [0.2, 0.25) is 0 Å². The van der Waals surface area contributed by atoms with Crippen LogP contribution < -0.4 is 15.2 Å². The molecule has 0 N–H and O–H groups in total. The fourth-order valence-corrected chi connectivity index (χ4v) is 7.78. The molecule has 0 unspecified atom stereocenters. The lowest BCUT2D eigenvalue weighted by Crippen LogP contribution is -2.57. The number of para-hydroxylation sites is 3. The summed E-state index contributed by atoms with van der Waals surface area (Å²) < 4.78 is 9.82. The van der Waals surface area contributed by atoms with Crippen molar-refractivity contribution in [1.82, 2.24) is 4.57 Å². The van der Waals surface area contributed by atoms with Crippen LogP contribution in [-0.4, -0.2) is 11.5 Å². The van der Waals surface area contributed by atoms with E-state index in [-0.39, 0.29) is 6.98 Å². The quantitative estimate of drug-likeness (QED) is 0.218. The maximum atomic E-state index is 6.13. The Hall–Kier alpha value is -4.42. The number of thiophene rings is 1. The molecule has 0 atom stereocenters. The highest BCUT2D eigenvalue weighted by Gasteiger charge is 2.52. The first-order chi connectivity index (χ1) is 18.3. The first-order valence-electron chi connectivity index (χ1n) is 12.5. The van der Waals surface area contributed by atoms with Crippen LogP contribution in [0, 0.1) is 0 Å². The zero-order valence-corrected chi connectivity index (χ0v) is 20.9. The SMILES string of the molecule is Cn1c2c(c3ccccc31)-c1ccccc1N1B2N(c2coc3ccccc23)c2c1sc1ccccc21. The van der Waals surface area contributed by atoms with E-state index in [1.165, 1.54) is 54.1 Å². The van der Waals surface area contributed by atoms with Crippen molar-refractivity contribution in [3.05, 3.63) is 103 Å². The predicted molar refractivity (Wildman–Crippen MR) is 156 cm³/mol. The number of rotatable bonds is 1. The van der Waals surface area contributed by atoms with Crippen molar-refractivity contribution in [3.63, 3.8) is 0 Å². The van der Waals surface area contributed by atoms with E-state index in [9.17, 15) is 0 Å². The molecule has 174 valence electrons. The number of furan rings is 1. The van der Waals surface area contributed by atoms with Crippen molar-refractivity contribution >= 4 is 77.9 Å². The molecule has 37 heavy (non-hydrogen) atoms. The molecule has 0 amide bonds. The van der Waals surface area contributed by atoms with Crippen molar-refractivity contribution in [2.24, 2.45) is 7.05 Å². The Morgan fingerprint density at radius 3 is 2.35 bits per heavy atom. The van der Waals surface area contributed by atoms with Crippen LogP contribution >= 0.6 is 11.3 Å². The highest BCUT2D eigenvalue weighted by Crippen LogP contribution is 2.58. The largest absolute Gasteiger partial charge is 0.462 e. The van der Waals surface area contributed by atoms with Crippen molar-refractivity contribution in [1.29, 1.82) is 0 Å². The number of hydrogen-bond donors (Lipinski definition) is 0. The van der Waals surface area contributed by atoms with Gasteiger partial charge in [-0.1, -0.05) is 66.7 Å². The van der Waals surface area contributed by atoms with Gasteiger partial charge >= 0.3 is 6.98 Å². The minimum atomic E-state index is -0.0332. The summed E-state index contributed by atoms with van der Waals surface area (Å²) in [4.78, 5) is 5.08. The highest BCUT2D eigenvalue weighted by atomic mass is 32.1. The first-order valence-corrected chi connectivity index (χ1v) is 13.4. The van der Waals surface area contributed by atoms with Gasteiger partial charge in [0, 0.05) is 55.8 Å². The zero-order chi connectivity index (χ0) is 24.2. The van der Waals surface area contributed by atoms with Crippen LogP contribution in [0.3, 0.4) is 0 Å². The van der Waals surface area contributed by atoms with Crippen LogP contribution in [-0.2, 0) is 7.05 Å². The zero-order valence-electron chi connectivity index (χ0n) is 20.1. The molecule has 0 spiro atoms. The summed E-state index contributed by atoms with van der Waals surface area (Å²) in [6, 6.07) is 34.8. The van der Waals surface area contributed by atoms with Crippen molar-refractivity contribution in [2.75, 3.05) is 9.62 Å². The van der Waals surface area contributed by atoms with Gasteiger partial charge in [-0.3, -0.25) is 0 Å². The van der Waals surface area contributed by atoms with Crippen LogP contribution in [0.5, 0.6) is 0 Å². The van der Waals surface area contributed by atoms with Crippen molar-refractivity contribution in [3.8, 4) is 11.1 Å². The van der Waals surface area contributed by atoms with Crippen LogP contribution in [0.15, 0.2) is 108 Å². The number of nitrogens with zero attached hydrogens (tertiary/aromatic N) is 3. The average molecular weight is 493 g/mol. The lowest BCUT2D eigenvalue weighted by Gasteiger charge is -2.35. The second-order valence-corrected chi connectivity index (χ2v) is 10.9. The van der Waals surface area contributed by atoms with E-state index >= 15 is 0 Å². The summed E-state index contributed by atoms with van der Waals surface area (Å²) in [7, 11) is 2.21. The van der Waals surface area contributed by atoms with Gasteiger partial charge in [-0.05, 0) is 30.3 Å². The fraction of sp³-hybridized carbons (Fsp3) is 0.0323. The Bertz CT molecular complexity index is 2050. The third-order valence-corrected chi connectivity index (χ3v) is 9.21. The molecule has 0 saturated carbocycles. The summed E-state index contributed by atoms with van der Waals surface area (Å²) in [6.45, 7) is -0.0332. The Morgan fingerprint density at radius 2 is 1.43 bits per heavy atom. The van der Waals surface area contributed by atoms with Crippen molar-refractivity contribution < 1.29 is 4.42 Å². The Morgan fingerprint density at radius 1 is 0.703 bits per heavy atom. The molecular formula is C31H20BN3OS. The fourth-order valence-electron chi connectivity index (χ4n) is 6.55. The molecule has 7 aromatic rings. The van der Waals surface area contributed by atoms with Crippen LogP contribution in [0.4, 0.5) is 22.1 Å². The normalized spacial score (nSPS) is 13.9.